The molecule has 1 aromatic rings. The average molecular weight is 240 g/mol. The number of hydrogen-bond donors (Lipinski definition) is 1. The summed E-state index contributed by atoms with van der Waals surface area (Å²) in [7, 11) is 0. The molecule has 1 rings (SSSR count). The van der Waals surface area contributed by atoms with Crippen LogP contribution in [0.1, 0.15) is 28.9 Å². The van der Waals surface area contributed by atoms with Crippen LogP contribution >= 0.6 is 0 Å². The Morgan fingerprint density at radius 3 is 2.31 bits per heavy atom. The van der Waals surface area contributed by atoms with Crippen molar-refractivity contribution in [3.63, 3.8) is 0 Å². The Kier molecular flexibility index (Phi) is 3.47. The van der Waals surface area contributed by atoms with Gasteiger partial charge in [-0.05, 0) is 24.1 Å². The molecule has 0 saturated heterocycles. The van der Waals surface area contributed by atoms with E-state index < -0.39 is 30.5 Å². The van der Waals surface area contributed by atoms with Gasteiger partial charge in [0.05, 0.1) is 0 Å². The van der Waals surface area contributed by atoms with Gasteiger partial charge in [-0.25, -0.2) is 13.8 Å². The fourth-order valence-corrected chi connectivity index (χ4v) is 1.33. The molecule has 0 unspecified atom stereocenters. The summed E-state index contributed by atoms with van der Waals surface area (Å²) < 4.78 is 62.1. The highest BCUT2D eigenvalue weighted by Crippen LogP contribution is 2.33. The predicted octanol–water partition coefficient (Wildman–Crippen LogP) is 2.81. The van der Waals surface area contributed by atoms with E-state index in [0.29, 0.717) is 0 Å². The molecule has 1 aromatic heterocycles. The van der Waals surface area contributed by atoms with Gasteiger partial charge in [-0.2, -0.15) is 13.2 Å². The Bertz CT molecular complexity index is 386. The second kappa shape index (κ2) is 4.32. The molecule has 0 aliphatic heterocycles. The molecule has 0 aliphatic carbocycles. The van der Waals surface area contributed by atoms with Crippen LogP contribution < -0.4 is 5.73 Å². The first-order chi connectivity index (χ1) is 7.27. The predicted molar refractivity (Wildman–Crippen MR) is 46.8 cm³/mol. The van der Waals surface area contributed by atoms with E-state index in [1.807, 2.05) is 0 Å². The number of hydrogen-bond acceptors (Lipinski definition) is 2. The fourth-order valence-electron chi connectivity index (χ4n) is 1.33. The maximum absolute atomic E-state index is 12.5. The van der Waals surface area contributed by atoms with Gasteiger partial charge >= 0.3 is 6.18 Å². The topological polar surface area (TPSA) is 38.9 Å². The van der Waals surface area contributed by atoms with E-state index >= 15 is 0 Å². The molecule has 0 amide bonds. The third-order valence-electron chi connectivity index (χ3n) is 2.06. The summed E-state index contributed by atoms with van der Waals surface area (Å²) in [6, 6.07) is 0.919. The van der Waals surface area contributed by atoms with Crippen LogP contribution in [0.2, 0.25) is 0 Å². The highest BCUT2D eigenvalue weighted by Gasteiger charge is 2.36. The first-order valence-corrected chi connectivity index (χ1v) is 4.33. The smallest absolute Gasteiger partial charge is 0.326 e. The van der Waals surface area contributed by atoms with Gasteiger partial charge in [0.1, 0.15) is 11.4 Å². The molecule has 0 saturated carbocycles. The third-order valence-corrected chi connectivity index (χ3v) is 2.06. The number of rotatable bonds is 2. The number of nitrogens with zero attached hydrogens (tertiary/aromatic N) is 1. The third kappa shape index (κ3) is 2.46. The molecule has 1 heterocycles. The summed E-state index contributed by atoms with van der Waals surface area (Å²) in [6.07, 6.45) is -7.81. The molecule has 0 aromatic carbocycles. The maximum atomic E-state index is 12.5. The lowest BCUT2D eigenvalue weighted by Crippen LogP contribution is -2.17. The summed E-state index contributed by atoms with van der Waals surface area (Å²) >= 11 is 0. The van der Waals surface area contributed by atoms with Gasteiger partial charge in [-0.1, -0.05) is 0 Å². The van der Waals surface area contributed by atoms with Crippen LogP contribution in [0.4, 0.5) is 22.0 Å². The molecule has 2 nitrogen and oxygen atoms in total. The molecular formula is C9H9F5N2. The normalized spacial score (nSPS) is 12.2. The minimum absolute atomic E-state index is 0.0696. The van der Waals surface area contributed by atoms with Crippen LogP contribution in [0.15, 0.2) is 6.07 Å². The molecular weight excluding hydrogens is 231 g/mol. The minimum atomic E-state index is -4.77. The van der Waals surface area contributed by atoms with Gasteiger partial charge in [0.2, 0.25) is 0 Å². The fraction of sp³-hybridized carbons (Fsp3) is 0.444. The summed E-state index contributed by atoms with van der Waals surface area (Å²) in [4.78, 5) is 2.92. The SMILES string of the molecule is Cc1cc(C(F)F)nc(C(F)(F)F)c1CN. The highest BCUT2D eigenvalue weighted by atomic mass is 19.4. The van der Waals surface area contributed by atoms with Crippen molar-refractivity contribution in [3.8, 4) is 0 Å². The zero-order valence-electron chi connectivity index (χ0n) is 8.28. The van der Waals surface area contributed by atoms with Gasteiger partial charge in [-0.3, -0.25) is 0 Å². The largest absolute Gasteiger partial charge is 0.433 e. The lowest BCUT2D eigenvalue weighted by atomic mass is 10.1. The van der Waals surface area contributed by atoms with Gasteiger partial charge in [-0.15, -0.1) is 0 Å². The molecule has 0 atom stereocenters. The van der Waals surface area contributed by atoms with Crippen molar-refractivity contribution in [1.29, 1.82) is 0 Å². The lowest BCUT2D eigenvalue weighted by Gasteiger charge is -2.14. The first-order valence-electron chi connectivity index (χ1n) is 4.33. The standard InChI is InChI=1S/C9H9F5N2/c1-4-2-6(8(10)11)16-7(5(4)3-15)9(12,13)14/h2,8H,3,15H2,1H3. The van der Waals surface area contributed by atoms with E-state index in [-0.39, 0.29) is 11.1 Å². The number of aromatic nitrogens is 1. The number of halogens is 5. The van der Waals surface area contributed by atoms with Crippen molar-refractivity contribution in [3.05, 3.63) is 28.6 Å². The molecule has 16 heavy (non-hydrogen) atoms. The van der Waals surface area contributed by atoms with Gasteiger partial charge < -0.3 is 5.73 Å². The van der Waals surface area contributed by atoms with E-state index in [1.54, 1.807) is 0 Å². The van der Waals surface area contributed by atoms with Crippen LogP contribution in [0.25, 0.3) is 0 Å². The monoisotopic (exact) mass is 240 g/mol. The molecule has 0 fully saturated rings. The van der Waals surface area contributed by atoms with E-state index in [4.69, 9.17) is 5.73 Å². The molecule has 90 valence electrons. The Balaban J connectivity index is 3.43. The summed E-state index contributed by atoms with van der Waals surface area (Å²) in [5.74, 6) is 0. The van der Waals surface area contributed by atoms with Crippen molar-refractivity contribution >= 4 is 0 Å². The van der Waals surface area contributed by atoms with Gasteiger partial charge in [0.15, 0.2) is 0 Å². The first kappa shape index (κ1) is 12.8. The Hall–Kier alpha value is -1.24. The Labute approximate surface area is 88.3 Å². The Morgan fingerprint density at radius 1 is 1.38 bits per heavy atom. The van der Waals surface area contributed by atoms with Gasteiger partial charge in [0, 0.05) is 6.54 Å². The average Bonchev–Trinajstić information content (AvgIpc) is 2.14. The molecule has 7 heteroatoms. The number of alkyl halides is 5. The number of pyridine rings is 1. The summed E-state index contributed by atoms with van der Waals surface area (Å²) in [5.41, 5.74) is 2.75. The second-order valence-corrected chi connectivity index (χ2v) is 3.19. The van der Waals surface area contributed by atoms with Crippen LogP contribution in [-0.2, 0) is 12.7 Å². The van der Waals surface area contributed by atoms with E-state index in [9.17, 15) is 22.0 Å². The van der Waals surface area contributed by atoms with Crippen molar-refractivity contribution in [1.82, 2.24) is 4.98 Å². The molecule has 0 bridgehead atoms. The van der Waals surface area contributed by atoms with Crippen molar-refractivity contribution in [2.45, 2.75) is 26.1 Å². The number of nitrogens with two attached hydrogens (primary N) is 1. The van der Waals surface area contributed by atoms with Crippen LogP contribution in [0.3, 0.4) is 0 Å². The lowest BCUT2D eigenvalue weighted by molar-refractivity contribution is -0.142. The van der Waals surface area contributed by atoms with Crippen molar-refractivity contribution < 1.29 is 22.0 Å². The molecule has 0 aliphatic rings. The van der Waals surface area contributed by atoms with E-state index in [1.165, 1.54) is 6.92 Å². The van der Waals surface area contributed by atoms with Crippen molar-refractivity contribution in [2.24, 2.45) is 5.73 Å². The van der Waals surface area contributed by atoms with Crippen molar-refractivity contribution in [2.75, 3.05) is 0 Å². The zero-order valence-corrected chi connectivity index (χ0v) is 8.28. The second-order valence-electron chi connectivity index (χ2n) is 3.19. The van der Waals surface area contributed by atoms with Crippen LogP contribution in [0.5, 0.6) is 0 Å². The molecule has 2 N–H and O–H groups in total. The number of aryl methyl sites for hydroxylation is 1. The van der Waals surface area contributed by atoms with Crippen LogP contribution in [-0.4, -0.2) is 4.98 Å². The summed E-state index contributed by atoms with van der Waals surface area (Å²) in [6.45, 7) is 0.905. The summed E-state index contributed by atoms with van der Waals surface area (Å²) in [5, 5.41) is 0. The maximum Gasteiger partial charge on any atom is 0.433 e. The Morgan fingerprint density at radius 2 is 1.94 bits per heavy atom. The zero-order chi connectivity index (χ0) is 12.5. The van der Waals surface area contributed by atoms with E-state index in [0.717, 1.165) is 6.07 Å². The molecule has 0 spiro atoms. The highest BCUT2D eigenvalue weighted by molar-refractivity contribution is 5.33. The molecule has 0 radical (unpaired) electrons. The van der Waals surface area contributed by atoms with Crippen LogP contribution in [0, 0.1) is 6.92 Å². The quantitative estimate of drug-likeness (QED) is 0.807. The van der Waals surface area contributed by atoms with Gasteiger partial charge in [0.25, 0.3) is 6.43 Å². The van der Waals surface area contributed by atoms with E-state index in [2.05, 4.69) is 4.98 Å². The minimum Gasteiger partial charge on any atom is -0.326 e.